The van der Waals surface area contributed by atoms with Crippen LogP contribution < -0.4 is 5.32 Å². The van der Waals surface area contributed by atoms with Gasteiger partial charge < -0.3 is 15.1 Å². The number of thiophene rings is 1. The van der Waals surface area contributed by atoms with Gasteiger partial charge >= 0.3 is 0 Å². The Labute approximate surface area is 108 Å². The van der Waals surface area contributed by atoms with Crippen molar-refractivity contribution in [2.45, 2.75) is 13.0 Å². The molecule has 1 N–H and O–H groups in total. The van der Waals surface area contributed by atoms with E-state index in [9.17, 15) is 0 Å². The van der Waals surface area contributed by atoms with Gasteiger partial charge in [-0.05, 0) is 38.0 Å². The fourth-order valence-corrected chi connectivity index (χ4v) is 2.80. The van der Waals surface area contributed by atoms with Gasteiger partial charge in [0.2, 0.25) is 0 Å². The van der Waals surface area contributed by atoms with E-state index in [1.165, 1.54) is 44.0 Å². The minimum atomic E-state index is 1.03. The quantitative estimate of drug-likeness (QED) is 0.775. The van der Waals surface area contributed by atoms with Gasteiger partial charge in [-0.1, -0.05) is 6.07 Å². The van der Waals surface area contributed by atoms with Crippen molar-refractivity contribution >= 4 is 11.3 Å². The molecule has 0 radical (unpaired) electrons. The number of nitrogens with one attached hydrogen (secondary N) is 1. The van der Waals surface area contributed by atoms with Gasteiger partial charge in [0.25, 0.3) is 0 Å². The lowest BCUT2D eigenvalue weighted by atomic mass is 10.3. The van der Waals surface area contributed by atoms with Crippen molar-refractivity contribution in [3.05, 3.63) is 22.4 Å². The Morgan fingerprint density at radius 1 is 1.29 bits per heavy atom. The Hall–Kier alpha value is -0.420. The minimum absolute atomic E-state index is 1.03. The Kier molecular flexibility index (Phi) is 5.45. The molecule has 0 bridgehead atoms. The predicted octanol–water partition coefficient (Wildman–Crippen LogP) is 1.48. The van der Waals surface area contributed by atoms with E-state index in [-0.39, 0.29) is 0 Å². The molecule has 1 aromatic rings. The smallest absolute Gasteiger partial charge is 0.0299 e. The summed E-state index contributed by atoms with van der Waals surface area (Å²) in [5.74, 6) is 0. The van der Waals surface area contributed by atoms with Crippen LogP contribution in [0.2, 0.25) is 0 Å². The summed E-state index contributed by atoms with van der Waals surface area (Å²) in [7, 11) is 2.21. The Morgan fingerprint density at radius 2 is 2.12 bits per heavy atom. The van der Waals surface area contributed by atoms with E-state index in [4.69, 9.17) is 0 Å². The summed E-state index contributed by atoms with van der Waals surface area (Å²) >= 11 is 1.83. The average Bonchev–Trinajstić information content (AvgIpc) is 2.84. The highest BCUT2D eigenvalue weighted by molar-refractivity contribution is 7.09. The van der Waals surface area contributed by atoms with Crippen molar-refractivity contribution in [3.8, 4) is 0 Å². The van der Waals surface area contributed by atoms with Gasteiger partial charge in [-0.15, -0.1) is 11.3 Å². The molecule has 0 unspecified atom stereocenters. The molecule has 3 nitrogen and oxygen atoms in total. The second-order valence-electron chi connectivity index (χ2n) is 4.75. The van der Waals surface area contributed by atoms with Gasteiger partial charge in [-0.2, -0.15) is 0 Å². The van der Waals surface area contributed by atoms with E-state index in [1.807, 2.05) is 11.3 Å². The van der Waals surface area contributed by atoms with Gasteiger partial charge in [0, 0.05) is 37.6 Å². The summed E-state index contributed by atoms with van der Waals surface area (Å²) in [5, 5.41) is 5.65. The third-order valence-electron chi connectivity index (χ3n) is 3.30. The number of hydrogen-bond acceptors (Lipinski definition) is 4. The molecule has 0 amide bonds. The lowest BCUT2D eigenvalue weighted by Gasteiger charge is -2.32. The molecule has 1 aromatic heterocycles. The van der Waals surface area contributed by atoms with E-state index in [0.29, 0.717) is 0 Å². The van der Waals surface area contributed by atoms with Crippen molar-refractivity contribution in [1.29, 1.82) is 0 Å². The maximum Gasteiger partial charge on any atom is 0.0299 e. The molecule has 96 valence electrons. The average molecular weight is 253 g/mol. The molecule has 1 aliphatic heterocycles. The highest BCUT2D eigenvalue weighted by atomic mass is 32.1. The first-order valence-electron chi connectivity index (χ1n) is 6.48. The van der Waals surface area contributed by atoms with Crippen LogP contribution in [0, 0.1) is 0 Å². The van der Waals surface area contributed by atoms with Crippen LogP contribution in [-0.4, -0.2) is 56.1 Å². The number of likely N-dealkylation sites (N-methyl/N-ethyl adjacent to an activating group) is 1. The third kappa shape index (κ3) is 4.76. The Balaban J connectivity index is 1.49. The molecule has 0 atom stereocenters. The van der Waals surface area contributed by atoms with Crippen LogP contribution in [0.5, 0.6) is 0 Å². The summed E-state index contributed by atoms with van der Waals surface area (Å²) in [4.78, 5) is 6.42. The largest absolute Gasteiger partial charge is 0.312 e. The fourth-order valence-electron chi connectivity index (χ4n) is 2.12. The van der Waals surface area contributed by atoms with Crippen molar-refractivity contribution < 1.29 is 0 Å². The lowest BCUT2D eigenvalue weighted by Crippen LogP contribution is -2.45. The van der Waals surface area contributed by atoms with Crippen LogP contribution in [0.3, 0.4) is 0 Å². The zero-order valence-electron chi connectivity index (χ0n) is 10.7. The van der Waals surface area contributed by atoms with E-state index in [1.54, 1.807) is 0 Å². The van der Waals surface area contributed by atoms with Crippen LogP contribution in [-0.2, 0) is 6.54 Å². The van der Waals surface area contributed by atoms with Crippen molar-refractivity contribution in [2.75, 3.05) is 46.3 Å². The highest BCUT2D eigenvalue weighted by Gasteiger charge is 2.12. The second kappa shape index (κ2) is 7.11. The molecule has 17 heavy (non-hydrogen) atoms. The topological polar surface area (TPSA) is 18.5 Å². The van der Waals surface area contributed by atoms with E-state index in [2.05, 4.69) is 39.7 Å². The van der Waals surface area contributed by atoms with Crippen LogP contribution in [0.15, 0.2) is 17.5 Å². The number of piperazine rings is 1. The second-order valence-corrected chi connectivity index (χ2v) is 5.79. The monoisotopic (exact) mass is 253 g/mol. The Bertz CT molecular complexity index is 292. The molecule has 2 rings (SSSR count). The predicted molar refractivity (Wildman–Crippen MR) is 74.6 cm³/mol. The van der Waals surface area contributed by atoms with Gasteiger partial charge in [0.1, 0.15) is 0 Å². The summed E-state index contributed by atoms with van der Waals surface area (Å²) in [5.41, 5.74) is 0. The van der Waals surface area contributed by atoms with Crippen LogP contribution in [0.25, 0.3) is 0 Å². The number of rotatable bonds is 6. The maximum absolute atomic E-state index is 3.51. The normalized spacial score (nSPS) is 18.6. The van der Waals surface area contributed by atoms with Gasteiger partial charge in [-0.3, -0.25) is 0 Å². The molecular formula is C13H23N3S. The summed E-state index contributed by atoms with van der Waals surface area (Å²) in [6.45, 7) is 8.32. The molecule has 0 spiro atoms. The lowest BCUT2D eigenvalue weighted by molar-refractivity contribution is 0.153. The standard InChI is InChI=1S/C13H23N3S/c1-15-7-9-16(10-8-15)6-3-5-14-12-13-4-2-11-17-13/h2,4,11,14H,3,5-10,12H2,1H3. The molecule has 4 heteroatoms. The molecule has 2 heterocycles. The van der Waals surface area contributed by atoms with Gasteiger partial charge in [0.05, 0.1) is 0 Å². The maximum atomic E-state index is 3.51. The molecule has 0 aromatic carbocycles. The summed E-state index contributed by atoms with van der Waals surface area (Å²) < 4.78 is 0. The third-order valence-corrected chi connectivity index (χ3v) is 4.18. The molecule has 0 saturated carbocycles. The molecular weight excluding hydrogens is 230 g/mol. The van der Waals surface area contributed by atoms with Crippen LogP contribution in [0.4, 0.5) is 0 Å². The molecule has 0 aliphatic carbocycles. The first-order valence-corrected chi connectivity index (χ1v) is 7.36. The van der Waals surface area contributed by atoms with E-state index < -0.39 is 0 Å². The summed E-state index contributed by atoms with van der Waals surface area (Å²) in [6, 6.07) is 4.31. The zero-order valence-corrected chi connectivity index (χ0v) is 11.5. The Morgan fingerprint density at radius 3 is 2.82 bits per heavy atom. The van der Waals surface area contributed by atoms with Crippen molar-refractivity contribution in [3.63, 3.8) is 0 Å². The fraction of sp³-hybridized carbons (Fsp3) is 0.692. The van der Waals surface area contributed by atoms with Gasteiger partial charge in [-0.25, -0.2) is 0 Å². The summed E-state index contributed by atoms with van der Waals surface area (Å²) in [6.07, 6.45) is 1.26. The van der Waals surface area contributed by atoms with Crippen LogP contribution in [0.1, 0.15) is 11.3 Å². The first kappa shape index (κ1) is 13.0. The van der Waals surface area contributed by atoms with E-state index >= 15 is 0 Å². The SMILES string of the molecule is CN1CCN(CCCNCc2cccs2)CC1. The van der Waals surface area contributed by atoms with Gasteiger partial charge in [0.15, 0.2) is 0 Å². The van der Waals surface area contributed by atoms with Crippen LogP contribution >= 0.6 is 11.3 Å². The first-order chi connectivity index (χ1) is 8.34. The molecule has 1 fully saturated rings. The highest BCUT2D eigenvalue weighted by Crippen LogP contribution is 2.07. The minimum Gasteiger partial charge on any atom is -0.312 e. The zero-order chi connectivity index (χ0) is 11.9. The number of nitrogens with zero attached hydrogens (tertiary/aromatic N) is 2. The van der Waals surface area contributed by atoms with Crippen molar-refractivity contribution in [1.82, 2.24) is 15.1 Å². The van der Waals surface area contributed by atoms with E-state index in [0.717, 1.165) is 13.1 Å². The number of hydrogen-bond donors (Lipinski definition) is 1. The van der Waals surface area contributed by atoms with Crippen molar-refractivity contribution in [2.24, 2.45) is 0 Å². The molecule has 1 aliphatic rings. The molecule has 1 saturated heterocycles.